The summed E-state index contributed by atoms with van der Waals surface area (Å²) in [5, 5.41) is 29.9. The lowest BCUT2D eigenvalue weighted by Crippen LogP contribution is -2.30. The van der Waals surface area contributed by atoms with Crippen molar-refractivity contribution in [3.8, 4) is 0 Å². The van der Waals surface area contributed by atoms with Gasteiger partial charge in [0.15, 0.2) is 0 Å². The number of carboxylic acid groups (broad SMARTS) is 1. The molecule has 0 amide bonds. The van der Waals surface area contributed by atoms with E-state index in [0.29, 0.717) is 0 Å². The van der Waals surface area contributed by atoms with Crippen LogP contribution in [0.25, 0.3) is 0 Å². The highest BCUT2D eigenvalue weighted by molar-refractivity contribution is 5.73. The van der Waals surface area contributed by atoms with Gasteiger partial charge in [0.1, 0.15) is 6.04 Å². The molecule has 0 aliphatic heterocycles. The van der Waals surface area contributed by atoms with E-state index < -0.39 is 33.2 Å². The van der Waals surface area contributed by atoms with E-state index in [1.54, 1.807) is 0 Å². The fourth-order valence-electron chi connectivity index (χ4n) is 1.48. The van der Waals surface area contributed by atoms with Gasteiger partial charge in [-0.05, 0) is 18.9 Å². The van der Waals surface area contributed by atoms with E-state index in [-0.39, 0.29) is 18.4 Å². The molecule has 0 aliphatic carbocycles. The van der Waals surface area contributed by atoms with E-state index >= 15 is 0 Å². The number of carboxylic acids is 1. The molecule has 3 N–H and O–H groups in total. The molecule has 0 bridgehead atoms. The molecule has 0 aliphatic rings. The van der Waals surface area contributed by atoms with E-state index in [9.17, 15) is 25.0 Å². The van der Waals surface area contributed by atoms with Gasteiger partial charge in [0, 0.05) is 11.6 Å². The van der Waals surface area contributed by atoms with Crippen molar-refractivity contribution in [2.45, 2.75) is 18.9 Å². The minimum absolute atomic E-state index is 0.00792. The van der Waals surface area contributed by atoms with E-state index in [4.69, 9.17) is 10.8 Å². The molecule has 0 saturated heterocycles. The largest absolute Gasteiger partial charge is 0.480 e. The third-order valence-corrected chi connectivity index (χ3v) is 2.52. The molecule has 9 nitrogen and oxygen atoms in total. The van der Waals surface area contributed by atoms with Crippen LogP contribution >= 0.6 is 0 Å². The first kappa shape index (κ1) is 14.5. The summed E-state index contributed by atoms with van der Waals surface area (Å²) < 4.78 is 0. The molecule has 1 aromatic rings. The Morgan fingerprint density at radius 3 is 2.42 bits per heavy atom. The Kier molecular flexibility index (Phi) is 4.48. The molecule has 0 aromatic heterocycles. The Hall–Kier alpha value is -2.55. The molecule has 1 atom stereocenters. The van der Waals surface area contributed by atoms with Gasteiger partial charge in [0.25, 0.3) is 11.4 Å². The van der Waals surface area contributed by atoms with Crippen molar-refractivity contribution in [2.24, 2.45) is 5.73 Å². The first-order chi connectivity index (χ1) is 8.82. The van der Waals surface area contributed by atoms with Gasteiger partial charge in [0.05, 0.1) is 15.9 Å². The Bertz CT molecular complexity index is 530. The summed E-state index contributed by atoms with van der Waals surface area (Å²) in [5.74, 6) is -1.20. The number of nitrogens with two attached hydrogens (primary N) is 1. The molecule has 1 unspecified atom stereocenters. The van der Waals surface area contributed by atoms with Crippen molar-refractivity contribution in [3.63, 3.8) is 0 Å². The van der Waals surface area contributed by atoms with Gasteiger partial charge < -0.3 is 10.8 Å². The van der Waals surface area contributed by atoms with Gasteiger partial charge in [-0.25, -0.2) is 0 Å². The van der Waals surface area contributed by atoms with Gasteiger partial charge in [-0.2, -0.15) is 0 Å². The predicted molar refractivity (Wildman–Crippen MR) is 63.7 cm³/mol. The van der Waals surface area contributed by atoms with Crippen LogP contribution in [0.2, 0.25) is 0 Å². The quantitative estimate of drug-likeness (QED) is 0.573. The smallest absolute Gasteiger partial charge is 0.320 e. The lowest BCUT2D eigenvalue weighted by molar-refractivity contribution is -0.394. The van der Waals surface area contributed by atoms with Gasteiger partial charge >= 0.3 is 5.97 Å². The maximum absolute atomic E-state index is 10.8. The Morgan fingerprint density at radius 1 is 1.32 bits per heavy atom. The highest BCUT2D eigenvalue weighted by Crippen LogP contribution is 2.25. The molecule has 0 spiro atoms. The standard InChI is InChI=1S/C10H11N3O6/c11-8(10(14)15)4-2-6-1-3-7(12(16)17)5-9(6)13(18)19/h1,3,5,8H,2,4,11H2,(H,14,15). The van der Waals surface area contributed by atoms with Crippen LogP contribution in [0.3, 0.4) is 0 Å². The maximum Gasteiger partial charge on any atom is 0.320 e. The van der Waals surface area contributed by atoms with Crippen LogP contribution in [-0.2, 0) is 11.2 Å². The molecule has 9 heteroatoms. The lowest BCUT2D eigenvalue weighted by atomic mass is 10.0. The van der Waals surface area contributed by atoms with E-state index in [2.05, 4.69) is 0 Å². The fourth-order valence-corrected chi connectivity index (χ4v) is 1.48. The molecule has 0 radical (unpaired) electrons. The van der Waals surface area contributed by atoms with Crippen LogP contribution in [0.1, 0.15) is 12.0 Å². The molecular weight excluding hydrogens is 258 g/mol. The molecule has 19 heavy (non-hydrogen) atoms. The SMILES string of the molecule is NC(CCc1ccc([N+](=O)[O-])cc1[N+](=O)[O-])C(=O)O. The number of nitro benzene ring substituents is 2. The topological polar surface area (TPSA) is 150 Å². The summed E-state index contributed by atoms with van der Waals surface area (Å²) in [5.41, 5.74) is 4.70. The zero-order valence-corrected chi connectivity index (χ0v) is 9.68. The second-order valence-corrected chi connectivity index (χ2v) is 3.81. The van der Waals surface area contributed by atoms with Crippen molar-refractivity contribution in [2.75, 3.05) is 0 Å². The highest BCUT2D eigenvalue weighted by Gasteiger charge is 2.20. The number of non-ortho nitro benzene ring substituents is 1. The normalized spacial score (nSPS) is 11.8. The summed E-state index contributed by atoms with van der Waals surface area (Å²) in [4.78, 5) is 30.4. The van der Waals surface area contributed by atoms with Crippen LogP contribution in [0.15, 0.2) is 18.2 Å². The van der Waals surface area contributed by atoms with Crippen LogP contribution in [0.5, 0.6) is 0 Å². The van der Waals surface area contributed by atoms with Gasteiger partial charge in [-0.1, -0.05) is 0 Å². The second-order valence-electron chi connectivity index (χ2n) is 3.81. The first-order valence-corrected chi connectivity index (χ1v) is 5.23. The predicted octanol–water partition coefficient (Wildman–Crippen LogP) is 0.847. The first-order valence-electron chi connectivity index (χ1n) is 5.23. The molecule has 0 heterocycles. The van der Waals surface area contributed by atoms with E-state index in [0.717, 1.165) is 12.1 Å². The van der Waals surface area contributed by atoms with Crippen molar-refractivity contribution >= 4 is 17.3 Å². The van der Waals surface area contributed by atoms with Gasteiger partial charge in [-0.3, -0.25) is 25.0 Å². The number of nitrogens with zero attached hydrogens (tertiary/aromatic N) is 2. The number of benzene rings is 1. The number of nitro groups is 2. The molecule has 102 valence electrons. The molecule has 1 rings (SSSR count). The van der Waals surface area contributed by atoms with Crippen molar-refractivity contribution in [3.05, 3.63) is 44.0 Å². The summed E-state index contributed by atoms with van der Waals surface area (Å²) >= 11 is 0. The Morgan fingerprint density at radius 2 is 1.95 bits per heavy atom. The number of hydrogen-bond acceptors (Lipinski definition) is 6. The summed E-state index contributed by atoms with van der Waals surface area (Å²) in [7, 11) is 0. The van der Waals surface area contributed by atoms with E-state index in [1.165, 1.54) is 6.07 Å². The number of rotatable bonds is 6. The average Bonchev–Trinajstić information content (AvgIpc) is 2.35. The minimum Gasteiger partial charge on any atom is -0.480 e. The second kappa shape index (κ2) is 5.87. The van der Waals surface area contributed by atoms with Crippen molar-refractivity contribution in [1.82, 2.24) is 0 Å². The van der Waals surface area contributed by atoms with Crippen molar-refractivity contribution < 1.29 is 19.7 Å². The Balaban J connectivity index is 2.97. The minimum atomic E-state index is -1.20. The van der Waals surface area contributed by atoms with Crippen molar-refractivity contribution in [1.29, 1.82) is 0 Å². The van der Waals surface area contributed by atoms with Gasteiger partial charge in [0.2, 0.25) is 0 Å². The zero-order valence-electron chi connectivity index (χ0n) is 9.68. The monoisotopic (exact) mass is 269 g/mol. The van der Waals surface area contributed by atoms with E-state index in [1.807, 2.05) is 0 Å². The highest BCUT2D eigenvalue weighted by atomic mass is 16.6. The van der Waals surface area contributed by atoms with Crippen LogP contribution < -0.4 is 5.73 Å². The number of carbonyl (C=O) groups is 1. The lowest BCUT2D eigenvalue weighted by Gasteiger charge is -2.06. The third kappa shape index (κ3) is 3.71. The third-order valence-electron chi connectivity index (χ3n) is 2.52. The molecular formula is C10H11N3O6. The summed E-state index contributed by atoms with van der Waals surface area (Å²) in [6.07, 6.45) is 0.0652. The Labute approximate surface area is 106 Å². The average molecular weight is 269 g/mol. The van der Waals surface area contributed by atoms with Crippen LogP contribution in [0.4, 0.5) is 11.4 Å². The summed E-state index contributed by atoms with van der Waals surface area (Å²) in [6, 6.07) is 2.09. The zero-order chi connectivity index (χ0) is 14.6. The number of aliphatic carboxylic acids is 1. The van der Waals surface area contributed by atoms with Gasteiger partial charge in [-0.15, -0.1) is 0 Å². The molecule has 0 saturated carbocycles. The fraction of sp³-hybridized carbons (Fsp3) is 0.300. The number of hydrogen-bond donors (Lipinski definition) is 2. The maximum atomic E-state index is 10.8. The molecule has 1 aromatic carbocycles. The summed E-state index contributed by atoms with van der Waals surface area (Å²) in [6.45, 7) is 0. The van der Waals surface area contributed by atoms with Crippen LogP contribution in [-0.4, -0.2) is 27.0 Å². The van der Waals surface area contributed by atoms with Crippen LogP contribution in [0, 0.1) is 20.2 Å². The molecule has 0 fully saturated rings. The number of aryl methyl sites for hydroxylation is 1.